The van der Waals surface area contributed by atoms with E-state index in [1.54, 1.807) is 7.11 Å². The van der Waals surface area contributed by atoms with Crippen LogP contribution in [-0.2, 0) is 6.42 Å². The quantitative estimate of drug-likeness (QED) is 0.819. The first-order chi connectivity index (χ1) is 10.2. The van der Waals surface area contributed by atoms with E-state index in [0.29, 0.717) is 10.1 Å². The summed E-state index contributed by atoms with van der Waals surface area (Å²) in [4.78, 5) is 0. The predicted octanol–water partition coefficient (Wildman–Crippen LogP) is 3.88. The first kappa shape index (κ1) is 15.6. The van der Waals surface area contributed by atoms with Gasteiger partial charge in [-0.25, -0.2) is 0 Å². The number of ether oxygens (including phenoxy) is 1. The van der Waals surface area contributed by atoms with Gasteiger partial charge in [0, 0.05) is 17.3 Å². The van der Waals surface area contributed by atoms with Crippen molar-refractivity contribution >= 4 is 34.6 Å². The second-order valence-corrected chi connectivity index (χ2v) is 5.34. The number of anilines is 1. The average Bonchev–Trinajstić information content (AvgIpc) is 2.47. The minimum absolute atomic E-state index is 0.583. The van der Waals surface area contributed by atoms with Gasteiger partial charge in [0.2, 0.25) is 0 Å². The van der Waals surface area contributed by atoms with Crippen molar-refractivity contribution in [2.75, 3.05) is 19.0 Å². The van der Waals surface area contributed by atoms with Crippen molar-refractivity contribution in [2.45, 2.75) is 6.42 Å². The molecule has 3 nitrogen and oxygen atoms in total. The van der Waals surface area contributed by atoms with Gasteiger partial charge in [0.25, 0.3) is 0 Å². The van der Waals surface area contributed by atoms with Crippen molar-refractivity contribution in [3.8, 4) is 5.75 Å². The normalized spacial score (nSPS) is 10.0. The number of hydrogen-bond donors (Lipinski definition) is 2. The average molecular weight is 321 g/mol. The third-order valence-corrected chi connectivity index (χ3v) is 3.40. The third-order valence-electron chi connectivity index (χ3n) is 2.92. The van der Waals surface area contributed by atoms with E-state index < -0.39 is 0 Å². The summed E-state index contributed by atoms with van der Waals surface area (Å²) in [5.74, 6) is 0.868. The SMILES string of the molecule is COc1cccc(CCNC(=S)Nc2cccc(Cl)c2)c1. The summed E-state index contributed by atoms with van der Waals surface area (Å²) >= 11 is 11.2. The van der Waals surface area contributed by atoms with E-state index in [0.717, 1.165) is 24.4 Å². The maximum atomic E-state index is 5.93. The van der Waals surface area contributed by atoms with E-state index >= 15 is 0 Å². The number of thiocarbonyl (C=S) groups is 1. The molecule has 0 unspecified atom stereocenters. The fourth-order valence-corrected chi connectivity index (χ4v) is 2.30. The highest BCUT2D eigenvalue weighted by Crippen LogP contribution is 2.15. The molecule has 0 aliphatic heterocycles. The van der Waals surface area contributed by atoms with Crippen LogP contribution < -0.4 is 15.4 Å². The van der Waals surface area contributed by atoms with Gasteiger partial charge in [-0.1, -0.05) is 29.8 Å². The molecule has 0 aliphatic rings. The maximum absolute atomic E-state index is 5.93. The predicted molar refractivity (Wildman–Crippen MR) is 92.4 cm³/mol. The molecule has 0 heterocycles. The molecule has 0 radical (unpaired) electrons. The molecular weight excluding hydrogens is 304 g/mol. The molecule has 2 aromatic rings. The van der Waals surface area contributed by atoms with Crippen molar-refractivity contribution in [1.29, 1.82) is 0 Å². The Kier molecular flexibility index (Phi) is 5.84. The first-order valence-corrected chi connectivity index (χ1v) is 7.39. The molecule has 0 fully saturated rings. The smallest absolute Gasteiger partial charge is 0.170 e. The van der Waals surface area contributed by atoms with Gasteiger partial charge in [-0.15, -0.1) is 0 Å². The summed E-state index contributed by atoms with van der Waals surface area (Å²) in [5, 5.41) is 7.54. The molecule has 2 N–H and O–H groups in total. The second kappa shape index (κ2) is 7.86. The van der Waals surface area contributed by atoms with Gasteiger partial charge in [0.15, 0.2) is 5.11 Å². The molecule has 2 aromatic carbocycles. The fraction of sp³-hybridized carbons (Fsp3) is 0.188. The summed E-state index contributed by atoms with van der Waals surface area (Å²) in [5.41, 5.74) is 2.08. The molecule has 0 aromatic heterocycles. The van der Waals surface area contributed by atoms with Crippen molar-refractivity contribution in [2.24, 2.45) is 0 Å². The Hall–Kier alpha value is -1.78. The Morgan fingerprint density at radius 2 is 2.00 bits per heavy atom. The Morgan fingerprint density at radius 3 is 2.76 bits per heavy atom. The van der Waals surface area contributed by atoms with E-state index in [9.17, 15) is 0 Å². The van der Waals surface area contributed by atoms with Crippen LogP contribution in [0.3, 0.4) is 0 Å². The fourth-order valence-electron chi connectivity index (χ4n) is 1.89. The van der Waals surface area contributed by atoms with E-state index in [1.807, 2.05) is 42.5 Å². The number of nitrogens with one attached hydrogen (secondary N) is 2. The van der Waals surface area contributed by atoms with Crippen LogP contribution in [0.1, 0.15) is 5.56 Å². The zero-order valence-corrected chi connectivity index (χ0v) is 13.3. The van der Waals surface area contributed by atoms with Crippen LogP contribution in [0.2, 0.25) is 5.02 Å². The Balaban J connectivity index is 1.79. The highest BCUT2D eigenvalue weighted by molar-refractivity contribution is 7.80. The zero-order valence-electron chi connectivity index (χ0n) is 11.7. The van der Waals surface area contributed by atoms with Gasteiger partial charge in [-0.2, -0.15) is 0 Å². The van der Waals surface area contributed by atoms with Crippen molar-refractivity contribution in [1.82, 2.24) is 5.32 Å². The molecular formula is C16H17ClN2OS. The molecule has 0 amide bonds. The van der Waals surface area contributed by atoms with Crippen molar-refractivity contribution in [3.05, 3.63) is 59.1 Å². The minimum atomic E-state index is 0.583. The monoisotopic (exact) mass is 320 g/mol. The van der Waals surface area contributed by atoms with Gasteiger partial charge >= 0.3 is 0 Å². The summed E-state index contributed by atoms with van der Waals surface area (Å²) in [6.45, 7) is 0.750. The van der Waals surface area contributed by atoms with Crippen LogP contribution >= 0.6 is 23.8 Å². The molecule has 110 valence electrons. The van der Waals surface area contributed by atoms with Gasteiger partial charge in [0.1, 0.15) is 5.75 Å². The standard InChI is InChI=1S/C16H17ClN2OS/c1-20-15-7-2-4-12(10-15)8-9-18-16(21)19-14-6-3-5-13(17)11-14/h2-7,10-11H,8-9H2,1H3,(H2,18,19,21). The highest BCUT2D eigenvalue weighted by atomic mass is 35.5. The summed E-state index contributed by atoms with van der Waals surface area (Å²) in [7, 11) is 1.67. The van der Waals surface area contributed by atoms with Crippen LogP contribution in [0.4, 0.5) is 5.69 Å². The van der Waals surface area contributed by atoms with Crippen LogP contribution in [0, 0.1) is 0 Å². The van der Waals surface area contributed by atoms with Crippen LogP contribution in [0.15, 0.2) is 48.5 Å². The van der Waals surface area contributed by atoms with Gasteiger partial charge < -0.3 is 15.4 Å². The van der Waals surface area contributed by atoms with Crippen LogP contribution in [-0.4, -0.2) is 18.8 Å². The molecule has 0 spiro atoms. The van der Waals surface area contributed by atoms with Crippen molar-refractivity contribution in [3.63, 3.8) is 0 Å². The lowest BCUT2D eigenvalue weighted by Gasteiger charge is -2.11. The summed E-state index contributed by atoms with van der Waals surface area (Å²) in [6, 6.07) is 15.5. The van der Waals surface area contributed by atoms with E-state index in [4.69, 9.17) is 28.6 Å². The van der Waals surface area contributed by atoms with Gasteiger partial charge in [-0.05, 0) is 54.5 Å². The second-order valence-electron chi connectivity index (χ2n) is 4.49. The van der Waals surface area contributed by atoms with Crippen molar-refractivity contribution < 1.29 is 4.74 Å². The summed E-state index contributed by atoms with van der Waals surface area (Å²) < 4.78 is 5.20. The largest absolute Gasteiger partial charge is 0.497 e. The lowest BCUT2D eigenvalue weighted by Crippen LogP contribution is -2.30. The highest BCUT2D eigenvalue weighted by Gasteiger charge is 1.99. The maximum Gasteiger partial charge on any atom is 0.170 e. The number of benzene rings is 2. The minimum Gasteiger partial charge on any atom is -0.497 e. The number of hydrogen-bond acceptors (Lipinski definition) is 2. The third kappa shape index (κ3) is 5.25. The molecule has 0 bridgehead atoms. The van der Waals surface area contributed by atoms with E-state index in [1.165, 1.54) is 5.56 Å². The molecule has 0 saturated carbocycles. The Morgan fingerprint density at radius 1 is 1.19 bits per heavy atom. The van der Waals surface area contributed by atoms with Crippen LogP contribution in [0.5, 0.6) is 5.75 Å². The van der Waals surface area contributed by atoms with E-state index in [-0.39, 0.29) is 0 Å². The lowest BCUT2D eigenvalue weighted by atomic mass is 10.1. The van der Waals surface area contributed by atoms with Gasteiger partial charge in [-0.3, -0.25) is 0 Å². The molecule has 0 aliphatic carbocycles. The molecule has 0 saturated heterocycles. The topological polar surface area (TPSA) is 33.3 Å². The summed E-state index contributed by atoms with van der Waals surface area (Å²) in [6.07, 6.45) is 0.870. The molecule has 2 rings (SSSR count). The molecule has 0 atom stereocenters. The van der Waals surface area contributed by atoms with Crippen LogP contribution in [0.25, 0.3) is 0 Å². The Labute approximate surface area is 135 Å². The molecule has 5 heteroatoms. The lowest BCUT2D eigenvalue weighted by molar-refractivity contribution is 0.414. The van der Waals surface area contributed by atoms with E-state index in [2.05, 4.69) is 16.7 Å². The zero-order chi connectivity index (χ0) is 15.1. The molecule has 21 heavy (non-hydrogen) atoms. The number of rotatable bonds is 5. The number of methoxy groups -OCH3 is 1. The van der Waals surface area contributed by atoms with Gasteiger partial charge in [0.05, 0.1) is 7.11 Å². The first-order valence-electron chi connectivity index (χ1n) is 6.61. The Bertz CT molecular complexity index is 619. The number of halogens is 1.